The molecule has 6 nitrogen and oxygen atoms in total. The fraction of sp³-hybridized carbons (Fsp3) is 0.444. The number of piperidine rings is 1. The number of nitrogens with zero attached hydrogens (tertiary/aromatic N) is 6. The topological polar surface area (TPSA) is 59.7 Å². The Morgan fingerprint density at radius 3 is 2.67 bits per heavy atom. The molecular weight excluding hydrogens is 431 g/mol. The Hall–Kier alpha value is -1.87. The van der Waals surface area contributed by atoms with Gasteiger partial charge in [0, 0.05) is 35.1 Å². The van der Waals surface area contributed by atoms with Crippen LogP contribution in [-0.4, -0.2) is 38.1 Å². The van der Waals surface area contributed by atoms with E-state index in [0.29, 0.717) is 22.5 Å². The van der Waals surface area contributed by atoms with Crippen molar-refractivity contribution in [2.45, 2.75) is 37.6 Å². The summed E-state index contributed by atoms with van der Waals surface area (Å²) in [7, 11) is 0. The summed E-state index contributed by atoms with van der Waals surface area (Å²) in [6.07, 6.45) is 6.40. The standard InChI is InChI=1S/C18H18BrFN6S/c19-12-1-4-15(20)14(9-12)17-23-24-18(27-17)25-7-5-11(6-8-25)16-22-21-10-26(16)13-2-3-13/h1,4,9-11,13H,2-3,5-8H2. The molecule has 1 saturated heterocycles. The van der Waals surface area contributed by atoms with Gasteiger partial charge >= 0.3 is 0 Å². The van der Waals surface area contributed by atoms with Crippen LogP contribution in [0.25, 0.3) is 10.6 Å². The van der Waals surface area contributed by atoms with E-state index in [1.165, 1.54) is 30.2 Å². The molecule has 2 aliphatic rings. The minimum Gasteiger partial charge on any atom is -0.347 e. The smallest absolute Gasteiger partial charge is 0.208 e. The predicted molar refractivity (Wildman–Crippen MR) is 105 cm³/mol. The lowest BCUT2D eigenvalue weighted by Gasteiger charge is -2.31. The fourth-order valence-corrected chi connectivity index (χ4v) is 4.90. The summed E-state index contributed by atoms with van der Waals surface area (Å²) in [5, 5.41) is 18.5. The molecule has 27 heavy (non-hydrogen) atoms. The van der Waals surface area contributed by atoms with Crippen molar-refractivity contribution in [1.29, 1.82) is 0 Å². The van der Waals surface area contributed by atoms with Gasteiger partial charge in [-0.25, -0.2) is 4.39 Å². The summed E-state index contributed by atoms with van der Waals surface area (Å²) in [5.74, 6) is 1.30. The highest BCUT2D eigenvalue weighted by Crippen LogP contribution is 2.39. The first-order chi connectivity index (χ1) is 13.2. The first-order valence-electron chi connectivity index (χ1n) is 9.12. The number of hydrogen-bond donors (Lipinski definition) is 0. The predicted octanol–water partition coefficient (Wildman–Crippen LogP) is 4.42. The molecule has 1 saturated carbocycles. The molecular formula is C18H18BrFN6S. The van der Waals surface area contributed by atoms with E-state index in [1.807, 2.05) is 6.33 Å². The zero-order chi connectivity index (χ0) is 18.4. The summed E-state index contributed by atoms with van der Waals surface area (Å²) >= 11 is 4.83. The molecule has 0 radical (unpaired) electrons. The van der Waals surface area contributed by atoms with E-state index < -0.39 is 0 Å². The minimum atomic E-state index is -0.279. The Bertz CT molecular complexity index is 960. The van der Waals surface area contributed by atoms with Gasteiger partial charge < -0.3 is 9.47 Å². The molecule has 0 spiro atoms. The van der Waals surface area contributed by atoms with Crippen molar-refractivity contribution in [3.8, 4) is 10.6 Å². The normalized spacial score (nSPS) is 18.2. The van der Waals surface area contributed by atoms with Crippen LogP contribution in [0.2, 0.25) is 0 Å². The average Bonchev–Trinajstić information content (AvgIpc) is 3.21. The molecule has 0 atom stereocenters. The molecule has 5 rings (SSSR count). The van der Waals surface area contributed by atoms with Gasteiger partial charge in [0.05, 0.1) is 0 Å². The summed E-state index contributed by atoms with van der Waals surface area (Å²) in [5.41, 5.74) is 0.487. The Morgan fingerprint density at radius 2 is 1.89 bits per heavy atom. The van der Waals surface area contributed by atoms with Gasteiger partial charge in [-0.3, -0.25) is 0 Å². The van der Waals surface area contributed by atoms with E-state index in [0.717, 1.165) is 41.4 Å². The zero-order valence-corrected chi connectivity index (χ0v) is 17.0. The SMILES string of the molecule is Fc1ccc(Br)cc1-c1nnc(N2CCC(c3nncn3C3CC3)CC2)s1. The van der Waals surface area contributed by atoms with Crippen LogP contribution < -0.4 is 4.90 Å². The van der Waals surface area contributed by atoms with E-state index in [9.17, 15) is 4.39 Å². The molecule has 0 bridgehead atoms. The van der Waals surface area contributed by atoms with Crippen molar-refractivity contribution in [2.24, 2.45) is 0 Å². The van der Waals surface area contributed by atoms with Crippen LogP contribution in [0.1, 0.15) is 43.5 Å². The van der Waals surface area contributed by atoms with Gasteiger partial charge in [-0.05, 0) is 43.9 Å². The Morgan fingerprint density at radius 1 is 1.07 bits per heavy atom. The first kappa shape index (κ1) is 17.2. The molecule has 3 heterocycles. The number of anilines is 1. The summed E-state index contributed by atoms with van der Waals surface area (Å²) in [6, 6.07) is 5.49. The number of rotatable bonds is 4. The lowest BCUT2D eigenvalue weighted by atomic mass is 9.96. The average molecular weight is 449 g/mol. The van der Waals surface area contributed by atoms with Crippen molar-refractivity contribution >= 4 is 32.4 Å². The monoisotopic (exact) mass is 448 g/mol. The summed E-state index contributed by atoms with van der Waals surface area (Å²) in [4.78, 5) is 2.24. The van der Waals surface area contributed by atoms with Crippen LogP contribution in [0.4, 0.5) is 9.52 Å². The molecule has 1 aromatic carbocycles. The molecule has 0 unspecified atom stereocenters. The van der Waals surface area contributed by atoms with Crippen LogP contribution in [-0.2, 0) is 0 Å². The Labute approximate surface area is 168 Å². The van der Waals surface area contributed by atoms with Gasteiger partial charge in [0.2, 0.25) is 5.13 Å². The largest absolute Gasteiger partial charge is 0.347 e. The number of hydrogen-bond acceptors (Lipinski definition) is 6. The third kappa shape index (κ3) is 3.38. The van der Waals surface area contributed by atoms with Gasteiger partial charge in [-0.1, -0.05) is 27.3 Å². The minimum absolute atomic E-state index is 0.279. The highest BCUT2D eigenvalue weighted by atomic mass is 79.9. The van der Waals surface area contributed by atoms with Crippen molar-refractivity contribution < 1.29 is 4.39 Å². The van der Waals surface area contributed by atoms with Crippen molar-refractivity contribution in [2.75, 3.05) is 18.0 Å². The highest BCUT2D eigenvalue weighted by molar-refractivity contribution is 9.10. The Balaban J connectivity index is 1.29. The Kier molecular flexibility index (Phi) is 4.43. The van der Waals surface area contributed by atoms with Crippen molar-refractivity contribution in [3.05, 3.63) is 40.6 Å². The van der Waals surface area contributed by atoms with E-state index in [2.05, 4.69) is 45.8 Å². The second-order valence-corrected chi connectivity index (χ2v) is 8.97. The molecule has 0 amide bonds. The maximum Gasteiger partial charge on any atom is 0.208 e. The molecule has 1 aliphatic heterocycles. The van der Waals surface area contributed by atoms with Crippen LogP contribution in [0.5, 0.6) is 0 Å². The van der Waals surface area contributed by atoms with Crippen LogP contribution in [0.15, 0.2) is 29.0 Å². The maximum absolute atomic E-state index is 14.1. The van der Waals surface area contributed by atoms with Gasteiger partial charge in [0.15, 0.2) is 5.01 Å². The molecule has 140 valence electrons. The van der Waals surface area contributed by atoms with Gasteiger partial charge in [0.25, 0.3) is 0 Å². The van der Waals surface area contributed by atoms with Crippen LogP contribution >= 0.6 is 27.3 Å². The first-order valence-corrected chi connectivity index (χ1v) is 10.7. The van der Waals surface area contributed by atoms with E-state index in [1.54, 1.807) is 12.1 Å². The van der Waals surface area contributed by atoms with Crippen molar-refractivity contribution in [3.63, 3.8) is 0 Å². The van der Waals surface area contributed by atoms with Crippen LogP contribution in [0.3, 0.4) is 0 Å². The molecule has 3 aromatic rings. The van der Waals surface area contributed by atoms with Gasteiger partial charge in [0.1, 0.15) is 18.0 Å². The lowest BCUT2D eigenvalue weighted by molar-refractivity contribution is 0.464. The quantitative estimate of drug-likeness (QED) is 0.591. The molecule has 1 aliphatic carbocycles. The lowest BCUT2D eigenvalue weighted by Crippen LogP contribution is -2.33. The van der Waals surface area contributed by atoms with Gasteiger partial charge in [-0.2, -0.15) is 0 Å². The molecule has 2 aromatic heterocycles. The molecule has 9 heteroatoms. The summed E-state index contributed by atoms with van der Waals surface area (Å²) < 4.78 is 17.2. The second kappa shape index (κ2) is 6.94. The molecule has 0 N–H and O–H groups in total. The zero-order valence-electron chi connectivity index (χ0n) is 14.6. The third-order valence-electron chi connectivity index (χ3n) is 5.24. The van der Waals surface area contributed by atoms with Crippen molar-refractivity contribution in [1.82, 2.24) is 25.0 Å². The van der Waals surface area contributed by atoms with Gasteiger partial charge in [-0.15, -0.1) is 20.4 Å². The fourth-order valence-electron chi connectivity index (χ4n) is 3.62. The maximum atomic E-state index is 14.1. The summed E-state index contributed by atoms with van der Waals surface area (Å²) in [6.45, 7) is 1.80. The third-order valence-corrected chi connectivity index (χ3v) is 6.76. The number of halogens is 2. The second-order valence-electron chi connectivity index (χ2n) is 7.10. The highest BCUT2D eigenvalue weighted by Gasteiger charge is 2.31. The number of benzene rings is 1. The van der Waals surface area contributed by atoms with Crippen LogP contribution in [0, 0.1) is 5.82 Å². The molecule has 2 fully saturated rings. The van der Waals surface area contributed by atoms with E-state index in [-0.39, 0.29) is 5.82 Å². The van der Waals surface area contributed by atoms with E-state index in [4.69, 9.17) is 0 Å². The number of aromatic nitrogens is 5. The van der Waals surface area contributed by atoms with E-state index >= 15 is 0 Å².